The van der Waals surface area contributed by atoms with Crippen molar-refractivity contribution in [2.45, 2.75) is 70.3 Å². The molecule has 51 heavy (non-hydrogen) atoms. The second-order valence-electron chi connectivity index (χ2n) is 14.7. The van der Waals surface area contributed by atoms with Crippen molar-refractivity contribution in [3.63, 3.8) is 0 Å². The Hall–Kier alpha value is -4.18. The first-order valence-corrected chi connectivity index (χ1v) is 18.6. The molecule has 0 radical (unpaired) electrons. The summed E-state index contributed by atoms with van der Waals surface area (Å²) in [5.74, 6) is -0.363. The van der Waals surface area contributed by atoms with Gasteiger partial charge in [0, 0.05) is 30.6 Å². The van der Waals surface area contributed by atoms with Crippen LogP contribution in [0.2, 0.25) is 0 Å². The van der Waals surface area contributed by atoms with Crippen LogP contribution in [0.3, 0.4) is 0 Å². The molecule has 0 spiro atoms. The molecule has 4 heterocycles. The maximum Gasteiger partial charge on any atom is 0.261 e. The van der Waals surface area contributed by atoms with Crippen molar-refractivity contribution in [3.05, 3.63) is 130 Å². The largest absolute Gasteiger partial charge is 0.392 e. The number of imide groups is 1. The number of rotatable bonds is 10. The molecule has 4 aromatic carbocycles. The van der Waals surface area contributed by atoms with Crippen LogP contribution in [0.5, 0.6) is 0 Å². The molecule has 5 atom stereocenters. The van der Waals surface area contributed by atoms with E-state index in [1.807, 2.05) is 36.4 Å². The average Bonchev–Trinajstić information content (AvgIpc) is 3.91. The minimum atomic E-state index is -0.525. The molecule has 1 N–H and O–H groups in total. The highest BCUT2D eigenvalue weighted by atomic mass is 16.7. The Morgan fingerprint density at radius 3 is 2.12 bits per heavy atom. The monoisotopic (exact) mass is 685 g/mol. The summed E-state index contributed by atoms with van der Waals surface area (Å²) < 4.78 is 13.6. The van der Waals surface area contributed by atoms with Crippen LogP contribution in [0.1, 0.15) is 88.0 Å². The number of aliphatic hydroxyl groups excluding tert-OH is 1. The van der Waals surface area contributed by atoms with E-state index in [1.54, 1.807) is 24.3 Å². The van der Waals surface area contributed by atoms with Gasteiger partial charge in [0.25, 0.3) is 11.8 Å². The lowest BCUT2D eigenvalue weighted by atomic mass is 9.89. The fourth-order valence-corrected chi connectivity index (χ4v) is 8.41. The van der Waals surface area contributed by atoms with E-state index in [0.717, 1.165) is 53.0 Å². The van der Waals surface area contributed by atoms with Crippen molar-refractivity contribution < 1.29 is 24.2 Å². The highest BCUT2D eigenvalue weighted by Crippen LogP contribution is 2.43. The van der Waals surface area contributed by atoms with Gasteiger partial charge < -0.3 is 19.5 Å². The summed E-state index contributed by atoms with van der Waals surface area (Å²) in [5, 5.41) is 9.66. The van der Waals surface area contributed by atoms with Gasteiger partial charge in [-0.2, -0.15) is 0 Å². The molecule has 0 saturated carbocycles. The molecule has 2 amide bonds. The van der Waals surface area contributed by atoms with E-state index in [9.17, 15) is 14.7 Å². The lowest BCUT2D eigenvalue weighted by Gasteiger charge is -2.43. The molecule has 0 unspecified atom stereocenters. The Morgan fingerprint density at radius 1 is 0.706 bits per heavy atom. The zero-order valence-electron chi connectivity index (χ0n) is 29.3. The number of amides is 2. The van der Waals surface area contributed by atoms with Gasteiger partial charge in [0.05, 0.1) is 36.5 Å². The fourth-order valence-electron chi connectivity index (χ4n) is 8.41. The van der Waals surface area contributed by atoms with Gasteiger partial charge in [-0.25, -0.2) is 0 Å². The van der Waals surface area contributed by atoms with Crippen molar-refractivity contribution in [1.82, 2.24) is 14.7 Å². The minimum Gasteiger partial charge on any atom is -0.392 e. The number of likely N-dealkylation sites (tertiary alicyclic amines) is 2. The van der Waals surface area contributed by atoms with Gasteiger partial charge in [0.1, 0.15) is 0 Å². The summed E-state index contributed by atoms with van der Waals surface area (Å²) in [4.78, 5) is 32.6. The minimum absolute atomic E-state index is 0.0102. The topological polar surface area (TPSA) is 82.6 Å². The predicted octanol–water partition coefficient (Wildman–Crippen LogP) is 6.99. The van der Waals surface area contributed by atoms with Crippen molar-refractivity contribution in [2.75, 3.05) is 32.7 Å². The first-order chi connectivity index (χ1) is 24.9. The lowest BCUT2D eigenvalue weighted by Crippen LogP contribution is -2.48. The molecule has 4 aliphatic rings. The number of nitrogens with zero attached hydrogens (tertiary/aromatic N) is 3. The Balaban J connectivity index is 1.00. The molecule has 264 valence electrons. The molecule has 4 aromatic rings. The summed E-state index contributed by atoms with van der Waals surface area (Å²) in [7, 11) is 0. The SMILES string of the molecule is C[C@@H]1[C@H](CN2CCC[C@H]2CN2CCCC2)O[C@H](c2ccc(-c3cccc(CN4C(=O)c5ccccc5C4=O)c3)cc2)O[C@@H]1c1ccc(CO)cc1. The van der Waals surface area contributed by atoms with Crippen molar-refractivity contribution in [2.24, 2.45) is 5.92 Å². The molecule has 0 aromatic heterocycles. The van der Waals surface area contributed by atoms with Gasteiger partial charge in [-0.1, -0.05) is 85.8 Å². The van der Waals surface area contributed by atoms with Gasteiger partial charge in [-0.05, 0) is 91.3 Å². The first kappa shape index (κ1) is 33.9. The van der Waals surface area contributed by atoms with Crippen molar-refractivity contribution >= 4 is 11.8 Å². The molecule has 8 rings (SSSR count). The third-order valence-electron chi connectivity index (χ3n) is 11.4. The lowest BCUT2D eigenvalue weighted by molar-refractivity contribution is -0.276. The smallest absolute Gasteiger partial charge is 0.261 e. The normalized spacial score (nSPS) is 25.5. The van der Waals surface area contributed by atoms with E-state index in [-0.39, 0.29) is 43.1 Å². The van der Waals surface area contributed by atoms with E-state index in [4.69, 9.17) is 9.47 Å². The van der Waals surface area contributed by atoms with Gasteiger partial charge in [-0.15, -0.1) is 0 Å². The number of carbonyl (C=O) groups is 2. The van der Waals surface area contributed by atoms with Crippen LogP contribution in [0.15, 0.2) is 97.1 Å². The maximum atomic E-state index is 13.0. The number of ether oxygens (including phenoxy) is 2. The van der Waals surface area contributed by atoms with Gasteiger partial charge in [0.15, 0.2) is 6.29 Å². The molecule has 3 saturated heterocycles. The van der Waals surface area contributed by atoms with Crippen LogP contribution in [-0.2, 0) is 22.6 Å². The third kappa shape index (κ3) is 7.04. The van der Waals surface area contributed by atoms with Gasteiger partial charge >= 0.3 is 0 Å². The number of hydrogen-bond donors (Lipinski definition) is 1. The fraction of sp³-hybridized carbons (Fsp3) is 0.395. The van der Waals surface area contributed by atoms with Crippen molar-refractivity contribution in [1.29, 1.82) is 0 Å². The third-order valence-corrected chi connectivity index (χ3v) is 11.4. The molecule has 0 bridgehead atoms. The van der Waals surface area contributed by atoms with E-state index in [2.05, 4.69) is 53.1 Å². The van der Waals surface area contributed by atoms with E-state index < -0.39 is 6.29 Å². The van der Waals surface area contributed by atoms with Gasteiger partial charge in [-0.3, -0.25) is 19.4 Å². The summed E-state index contributed by atoms with van der Waals surface area (Å²) in [6, 6.07) is 32.1. The van der Waals surface area contributed by atoms with E-state index in [1.165, 1.54) is 43.7 Å². The zero-order valence-corrected chi connectivity index (χ0v) is 29.3. The molecule has 0 aliphatic carbocycles. The highest BCUT2D eigenvalue weighted by molar-refractivity contribution is 6.21. The molecule has 8 heteroatoms. The number of aliphatic hydroxyl groups is 1. The van der Waals surface area contributed by atoms with Crippen LogP contribution in [0, 0.1) is 5.92 Å². The summed E-state index contributed by atoms with van der Waals surface area (Å²) >= 11 is 0. The van der Waals surface area contributed by atoms with Crippen LogP contribution in [-0.4, -0.2) is 76.5 Å². The summed E-state index contributed by atoms with van der Waals surface area (Å²) in [5.41, 5.74) is 6.80. The molecular formula is C43H47N3O5. The van der Waals surface area contributed by atoms with Crippen molar-refractivity contribution in [3.8, 4) is 11.1 Å². The second-order valence-corrected chi connectivity index (χ2v) is 14.7. The molecule has 4 aliphatic heterocycles. The predicted molar refractivity (Wildman–Crippen MR) is 196 cm³/mol. The van der Waals surface area contributed by atoms with E-state index >= 15 is 0 Å². The summed E-state index contributed by atoms with van der Waals surface area (Å²) in [6.45, 7) is 8.04. The standard InChI is InChI=1S/C43H47N3O5/c1-29-39(27-45-23-7-10-36(45)26-44-21-4-5-22-44)50-43(51-40(29)33-15-13-30(28-47)14-16-33)34-19-17-32(18-20-34)35-9-6-8-31(24-35)25-46-41(48)37-11-2-3-12-38(37)42(46)49/h2-3,6,8-9,11-20,24,29,36,39-40,43,47H,4-5,7,10,21-23,25-28H2,1H3/t29-,36+,39+,40+,43+/m1/s1. The zero-order chi connectivity index (χ0) is 34.9. The number of carbonyl (C=O) groups excluding carboxylic acids is 2. The maximum absolute atomic E-state index is 13.0. The quantitative estimate of drug-likeness (QED) is 0.180. The van der Waals surface area contributed by atoms with Crippen LogP contribution in [0.4, 0.5) is 0 Å². The number of hydrogen-bond acceptors (Lipinski definition) is 7. The number of benzene rings is 4. The Bertz CT molecular complexity index is 1820. The average molecular weight is 686 g/mol. The first-order valence-electron chi connectivity index (χ1n) is 18.6. The Morgan fingerprint density at radius 2 is 1.41 bits per heavy atom. The molecule has 8 nitrogen and oxygen atoms in total. The van der Waals surface area contributed by atoms with E-state index in [0.29, 0.717) is 17.2 Å². The van der Waals surface area contributed by atoms with Crippen LogP contribution >= 0.6 is 0 Å². The van der Waals surface area contributed by atoms with Crippen LogP contribution in [0.25, 0.3) is 11.1 Å². The van der Waals surface area contributed by atoms with Crippen LogP contribution < -0.4 is 0 Å². The Labute approximate surface area is 300 Å². The molecular weight excluding hydrogens is 638 g/mol. The molecule has 3 fully saturated rings. The van der Waals surface area contributed by atoms with Gasteiger partial charge in [0.2, 0.25) is 0 Å². The Kier molecular flexibility index (Phi) is 9.86. The number of fused-ring (bicyclic) bond motifs is 1. The highest BCUT2D eigenvalue weighted by Gasteiger charge is 2.41. The summed E-state index contributed by atoms with van der Waals surface area (Å²) in [6.07, 6.45) is 4.40. The second kappa shape index (κ2) is 14.8.